The van der Waals surface area contributed by atoms with Gasteiger partial charge in [-0.15, -0.1) is 0 Å². The molecule has 0 saturated carbocycles. The molecule has 3 rings (SSSR count). The van der Waals surface area contributed by atoms with Crippen molar-refractivity contribution in [2.24, 2.45) is 0 Å². The number of fused-ring (bicyclic) bond motifs is 1. The van der Waals surface area contributed by atoms with Crippen LogP contribution in [0.1, 0.15) is 41.3 Å². The van der Waals surface area contributed by atoms with Gasteiger partial charge in [-0.1, -0.05) is 0 Å². The molecular weight excluding hydrogens is 284 g/mol. The zero-order chi connectivity index (χ0) is 15.5. The van der Waals surface area contributed by atoms with Crippen LogP contribution in [0.5, 0.6) is 0 Å². The fraction of sp³-hybridized carbons (Fsp3) is 0.533. The Morgan fingerprint density at radius 2 is 2.41 bits per heavy atom. The van der Waals surface area contributed by atoms with Gasteiger partial charge in [0.2, 0.25) is 5.76 Å². The first kappa shape index (κ1) is 14.8. The van der Waals surface area contributed by atoms with Crippen molar-refractivity contribution in [2.75, 3.05) is 6.61 Å². The summed E-state index contributed by atoms with van der Waals surface area (Å²) >= 11 is 0. The highest BCUT2D eigenvalue weighted by Crippen LogP contribution is 2.14. The number of aromatic nitrogens is 3. The minimum Gasteiger partial charge on any atom is -0.460 e. The van der Waals surface area contributed by atoms with E-state index in [-0.39, 0.29) is 5.76 Å². The van der Waals surface area contributed by atoms with Crippen LogP contribution in [0.25, 0.3) is 0 Å². The fourth-order valence-electron chi connectivity index (χ4n) is 2.63. The van der Waals surface area contributed by atoms with E-state index in [1.54, 1.807) is 19.1 Å². The van der Waals surface area contributed by atoms with Gasteiger partial charge in [-0.3, -0.25) is 0 Å². The van der Waals surface area contributed by atoms with E-state index >= 15 is 0 Å². The first-order valence-electron chi connectivity index (χ1n) is 7.55. The average Bonchev–Trinajstić information content (AvgIpc) is 3.10. The Balaban J connectivity index is 1.54. The number of aryl methyl sites for hydroxylation is 2. The zero-order valence-corrected chi connectivity index (χ0v) is 12.8. The van der Waals surface area contributed by atoms with Gasteiger partial charge in [-0.2, -0.15) is 5.10 Å². The number of hydrogen-bond donors (Lipinski definition) is 1. The smallest absolute Gasteiger partial charge is 0.374 e. The van der Waals surface area contributed by atoms with E-state index in [1.807, 2.05) is 11.6 Å². The van der Waals surface area contributed by atoms with Crippen molar-refractivity contribution >= 4 is 5.97 Å². The number of rotatable bonds is 5. The summed E-state index contributed by atoms with van der Waals surface area (Å²) in [7, 11) is 0. The Morgan fingerprint density at radius 3 is 3.23 bits per heavy atom. The van der Waals surface area contributed by atoms with Crippen LogP contribution in [0, 0.1) is 6.92 Å². The summed E-state index contributed by atoms with van der Waals surface area (Å²) in [5, 5.41) is 7.82. The number of carbonyl (C=O) groups is 1. The quantitative estimate of drug-likeness (QED) is 0.842. The minimum atomic E-state index is -0.422. The van der Waals surface area contributed by atoms with Crippen molar-refractivity contribution in [2.45, 2.75) is 45.8 Å². The van der Waals surface area contributed by atoms with Crippen LogP contribution >= 0.6 is 0 Å². The molecule has 7 nitrogen and oxygen atoms in total. The summed E-state index contributed by atoms with van der Waals surface area (Å²) in [6.07, 6.45) is 1.94. The molecule has 0 aliphatic carbocycles. The van der Waals surface area contributed by atoms with E-state index in [0.29, 0.717) is 19.2 Å². The highest BCUT2D eigenvalue weighted by atomic mass is 16.5. The molecule has 0 saturated heterocycles. The van der Waals surface area contributed by atoms with E-state index < -0.39 is 5.97 Å². The molecule has 0 radical (unpaired) electrons. The SMILES string of the molecule is CCOC(=O)c1ccc(CNC2CCc3nc(C)nn3C2)o1. The lowest BCUT2D eigenvalue weighted by Gasteiger charge is -2.23. The molecule has 1 aliphatic rings. The summed E-state index contributed by atoms with van der Waals surface area (Å²) in [5.74, 6) is 2.42. The van der Waals surface area contributed by atoms with E-state index in [4.69, 9.17) is 9.15 Å². The van der Waals surface area contributed by atoms with Crippen molar-refractivity contribution in [3.8, 4) is 0 Å². The molecule has 0 bridgehead atoms. The van der Waals surface area contributed by atoms with E-state index in [2.05, 4.69) is 15.4 Å². The molecule has 1 atom stereocenters. The van der Waals surface area contributed by atoms with Crippen LogP contribution in [0.2, 0.25) is 0 Å². The van der Waals surface area contributed by atoms with Crippen LogP contribution in [-0.2, 0) is 24.2 Å². The largest absolute Gasteiger partial charge is 0.460 e. The third-order valence-electron chi connectivity index (χ3n) is 3.67. The maximum absolute atomic E-state index is 11.5. The predicted octanol–water partition coefficient (Wildman–Crippen LogP) is 1.46. The van der Waals surface area contributed by atoms with E-state index in [9.17, 15) is 4.79 Å². The number of nitrogens with zero attached hydrogens (tertiary/aromatic N) is 3. The fourth-order valence-corrected chi connectivity index (χ4v) is 2.63. The Bertz CT molecular complexity index is 662. The summed E-state index contributed by atoms with van der Waals surface area (Å²) in [5.41, 5.74) is 0. The molecule has 7 heteroatoms. The molecule has 2 aromatic rings. The number of hydrogen-bond acceptors (Lipinski definition) is 6. The summed E-state index contributed by atoms with van der Waals surface area (Å²) in [6.45, 7) is 5.41. The Hall–Kier alpha value is -2.15. The normalized spacial score (nSPS) is 17.3. The number of furan rings is 1. The Morgan fingerprint density at radius 1 is 1.55 bits per heavy atom. The van der Waals surface area contributed by atoms with Gasteiger partial charge in [0, 0.05) is 12.5 Å². The second-order valence-corrected chi connectivity index (χ2v) is 5.36. The minimum absolute atomic E-state index is 0.247. The van der Waals surface area contributed by atoms with E-state index in [1.165, 1.54) is 0 Å². The lowest BCUT2D eigenvalue weighted by molar-refractivity contribution is 0.0487. The standard InChI is InChI=1S/C15H20N4O3/c1-3-21-15(20)13-6-5-12(22-13)8-16-11-4-7-14-17-10(2)18-19(14)9-11/h5-6,11,16H,3-4,7-9H2,1-2H3. The molecule has 2 aromatic heterocycles. The molecule has 0 spiro atoms. The highest BCUT2D eigenvalue weighted by molar-refractivity contribution is 5.86. The summed E-state index contributed by atoms with van der Waals surface area (Å²) in [6, 6.07) is 3.77. The molecule has 1 unspecified atom stereocenters. The molecule has 118 valence electrons. The van der Waals surface area contributed by atoms with Crippen LogP contribution in [-0.4, -0.2) is 33.4 Å². The maximum atomic E-state index is 11.5. The third-order valence-corrected chi connectivity index (χ3v) is 3.67. The second-order valence-electron chi connectivity index (χ2n) is 5.36. The van der Waals surface area contributed by atoms with Gasteiger partial charge in [-0.05, 0) is 32.4 Å². The van der Waals surface area contributed by atoms with Gasteiger partial charge in [0.05, 0.1) is 19.7 Å². The molecule has 0 amide bonds. The Labute approximate surface area is 128 Å². The van der Waals surface area contributed by atoms with Crippen molar-refractivity contribution in [3.63, 3.8) is 0 Å². The average molecular weight is 304 g/mol. The molecular formula is C15H20N4O3. The summed E-state index contributed by atoms with van der Waals surface area (Å²) in [4.78, 5) is 15.9. The second kappa shape index (κ2) is 6.31. The lowest BCUT2D eigenvalue weighted by Crippen LogP contribution is -2.37. The first-order chi connectivity index (χ1) is 10.7. The van der Waals surface area contributed by atoms with Gasteiger partial charge in [0.1, 0.15) is 17.4 Å². The maximum Gasteiger partial charge on any atom is 0.374 e. The van der Waals surface area contributed by atoms with E-state index in [0.717, 1.165) is 36.8 Å². The molecule has 1 aliphatic heterocycles. The molecule has 22 heavy (non-hydrogen) atoms. The number of ether oxygens (including phenoxy) is 1. The molecule has 1 N–H and O–H groups in total. The monoisotopic (exact) mass is 304 g/mol. The zero-order valence-electron chi connectivity index (χ0n) is 12.8. The third kappa shape index (κ3) is 3.19. The van der Waals surface area contributed by atoms with Crippen molar-refractivity contribution < 1.29 is 13.9 Å². The summed E-state index contributed by atoms with van der Waals surface area (Å²) < 4.78 is 12.4. The topological polar surface area (TPSA) is 82.2 Å². The lowest BCUT2D eigenvalue weighted by atomic mass is 10.1. The van der Waals surface area contributed by atoms with Crippen molar-refractivity contribution in [3.05, 3.63) is 35.3 Å². The van der Waals surface area contributed by atoms with Gasteiger partial charge in [-0.25, -0.2) is 14.5 Å². The van der Waals surface area contributed by atoms with Crippen LogP contribution in [0.15, 0.2) is 16.5 Å². The predicted molar refractivity (Wildman–Crippen MR) is 78.4 cm³/mol. The number of nitrogens with one attached hydrogen (secondary N) is 1. The number of esters is 1. The molecule has 3 heterocycles. The van der Waals surface area contributed by atoms with Gasteiger partial charge in [0.15, 0.2) is 0 Å². The van der Waals surface area contributed by atoms with Crippen LogP contribution in [0.4, 0.5) is 0 Å². The van der Waals surface area contributed by atoms with Gasteiger partial charge < -0.3 is 14.5 Å². The van der Waals surface area contributed by atoms with Crippen LogP contribution in [0.3, 0.4) is 0 Å². The first-order valence-corrected chi connectivity index (χ1v) is 7.55. The van der Waals surface area contributed by atoms with Crippen molar-refractivity contribution in [1.82, 2.24) is 20.1 Å². The molecule has 0 fully saturated rings. The Kier molecular flexibility index (Phi) is 4.24. The highest BCUT2D eigenvalue weighted by Gasteiger charge is 2.21. The van der Waals surface area contributed by atoms with Gasteiger partial charge >= 0.3 is 5.97 Å². The van der Waals surface area contributed by atoms with Gasteiger partial charge in [0.25, 0.3) is 0 Å². The number of carbonyl (C=O) groups excluding carboxylic acids is 1. The van der Waals surface area contributed by atoms with Crippen LogP contribution < -0.4 is 5.32 Å². The van der Waals surface area contributed by atoms with Crippen molar-refractivity contribution in [1.29, 1.82) is 0 Å². The molecule has 0 aromatic carbocycles.